The predicted octanol–water partition coefficient (Wildman–Crippen LogP) is 7.24. The van der Waals surface area contributed by atoms with Gasteiger partial charge in [0.15, 0.2) is 16.3 Å². The average Bonchev–Trinajstić information content (AvgIpc) is 3.31. The molecular weight excluding hydrogens is 715 g/mol. The first-order chi connectivity index (χ1) is 22.0. The Morgan fingerprint density at radius 3 is 2.50 bits per heavy atom. The highest BCUT2D eigenvalue weighted by Crippen LogP contribution is 2.36. The number of nitrogens with zero attached hydrogens (tertiary/aromatic N) is 2. The number of esters is 1. The van der Waals surface area contributed by atoms with E-state index in [0.717, 1.165) is 11.1 Å². The first kappa shape index (κ1) is 33.8. The molecule has 0 fully saturated rings. The molecule has 12 heteroatoms. The van der Waals surface area contributed by atoms with E-state index in [-0.39, 0.29) is 23.8 Å². The number of thiazole rings is 1. The van der Waals surface area contributed by atoms with Crippen LogP contribution in [-0.2, 0) is 16.1 Å². The van der Waals surface area contributed by atoms with E-state index in [1.165, 1.54) is 15.9 Å². The number of allylic oxidation sites excluding steroid dienone is 1. The number of halogens is 3. The number of ether oxygens (including phenoxy) is 4. The van der Waals surface area contributed by atoms with Gasteiger partial charge < -0.3 is 18.9 Å². The second-order valence-electron chi connectivity index (χ2n) is 10.6. The molecule has 1 atom stereocenters. The molecule has 0 spiro atoms. The van der Waals surface area contributed by atoms with Crippen LogP contribution in [0.4, 0.5) is 0 Å². The number of benzene rings is 3. The van der Waals surface area contributed by atoms with Gasteiger partial charge in [-0.05, 0) is 103 Å². The van der Waals surface area contributed by atoms with Gasteiger partial charge in [-0.3, -0.25) is 9.36 Å². The monoisotopic (exact) mass is 744 g/mol. The van der Waals surface area contributed by atoms with Crippen molar-refractivity contribution in [2.24, 2.45) is 4.99 Å². The van der Waals surface area contributed by atoms with E-state index >= 15 is 0 Å². The van der Waals surface area contributed by atoms with E-state index in [0.29, 0.717) is 59.0 Å². The third kappa shape index (κ3) is 7.20. The summed E-state index contributed by atoms with van der Waals surface area (Å²) in [5.41, 5.74) is 2.77. The Morgan fingerprint density at radius 2 is 1.83 bits per heavy atom. The molecule has 0 aliphatic carbocycles. The van der Waals surface area contributed by atoms with Gasteiger partial charge in [0, 0.05) is 0 Å². The van der Waals surface area contributed by atoms with E-state index in [4.69, 9.17) is 42.1 Å². The molecular formula is C34H31BrCl2N2O6S. The normalized spacial score (nSPS) is 14.6. The van der Waals surface area contributed by atoms with Crippen LogP contribution in [0.3, 0.4) is 0 Å². The summed E-state index contributed by atoms with van der Waals surface area (Å²) < 4.78 is 25.6. The van der Waals surface area contributed by atoms with E-state index in [1.807, 2.05) is 44.2 Å². The zero-order valence-corrected chi connectivity index (χ0v) is 29.6. The molecule has 5 rings (SSSR count). The maximum Gasteiger partial charge on any atom is 0.338 e. The minimum Gasteiger partial charge on any atom is -0.493 e. The lowest BCUT2D eigenvalue weighted by molar-refractivity contribution is -0.139. The van der Waals surface area contributed by atoms with E-state index in [9.17, 15) is 9.59 Å². The minimum absolute atomic E-state index is 0.0714. The van der Waals surface area contributed by atoms with Crippen molar-refractivity contribution in [2.45, 2.75) is 46.4 Å². The van der Waals surface area contributed by atoms with Crippen molar-refractivity contribution in [3.8, 4) is 17.2 Å². The van der Waals surface area contributed by atoms with Crippen molar-refractivity contribution in [3.63, 3.8) is 0 Å². The minimum atomic E-state index is -0.789. The average molecular weight is 747 g/mol. The fourth-order valence-electron chi connectivity index (χ4n) is 4.98. The Hall–Kier alpha value is -3.57. The zero-order chi connectivity index (χ0) is 33.1. The summed E-state index contributed by atoms with van der Waals surface area (Å²) >= 11 is 17.0. The number of hydrogen-bond acceptors (Lipinski definition) is 8. The summed E-state index contributed by atoms with van der Waals surface area (Å²) in [5, 5.41) is 0.940. The molecule has 0 saturated heterocycles. The fourth-order valence-corrected chi connectivity index (χ4v) is 6.86. The Labute approximate surface area is 288 Å². The van der Waals surface area contributed by atoms with E-state index < -0.39 is 12.0 Å². The molecule has 0 unspecified atom stereocenters. The Morgan fingerprint density at radius 1 is 1.07 bits per heavy atom. The standard InChI is InChI=1S/C34H31BrCl2N2O6S/c1-6-43-33(41)30-19(4)38-34-39(31(30)22-9-12-27(45-18(2)3)28(16-22)42-5)32(40)29(46-34)15-20-8-11-26(23(35)13-20)44-17-21-7-10-24(36)25(37)14-21/h7-16,18,31H,6,17H2,1-5H3/b29-15-/t31-/m1/s1. The van der Waals surface area contributed by atoms with Gasteiger partial charge in [0.25, 0.3) is 5.56 Å². The molecule has 0 bridgehead atoms. The molecule has 0 radical (unpaired) electrons. The quantitative estimate of drug-likeness (QED) is 0.159. The summed E-state index contributed by atoms with van der Waals surface area (Å²) in [7, 11) is 1.55. The molecule has 46 heavy (non-hydrogen) atoms. The molecule has 2 heterocycles. The molecule has 8 nitrogen and oxygen atoms in total. The molecule has 1 aliphatic heterocycles. The first-order valence-electron chi connectivity index (χ1n) is 14.4. The van der Waals surface area contributed by atoms with Crippen LogP contribution in [0.5, 0.6) is 17.2 Å². The van der Waals surface area contributed by atoms with Crippen molar-refractivity contribution in [1.29, 1.82) is 0 Å². The van der Waals surface area contributed by atoms with Crippen LogP contribution >= 0.6 is 50.5 Å². The van der Waals surface area contributed by atoms with Crippen LogP contribution < -0.4 is 29.1 Å². The largest absolute Gasteiger partial charge is 0.493 e. The summed E-state index contributed by atoms with van der Waals surface area (Å²) in [6.07, 6.45) is 1.72. The van der Waals surface area contributed by atoms with Crippen molar-refractivity contribution in [1.82, 2.24) is 4.57 Å². The summed E-state index contributed by atoms with van der Waals surface area (Å²) in [6.45, 7) is 7.81. The topological polar surface area (TPSA) is 88.4 Å². The van der Waals surface area contributed by atoms with Crippen LogP contribution in [0.15, 0.2) is 80.1 Å². The third-order valence-electron chi connectivity index (χ3n) is 7.02. The van der Waals surface area contributed by atoms with Crippen LogP contribution in [0, 0.1) is 0 Å². The van der Waals surface area contributed by atoms with Crippen LogP contribution in [0.2, 0.25) is 10.0 Å². The van der Waals surface area contributed by atoms with Crippen molar-refractivity contribution >= 4 is 62.5 Å². The number of methoxy groups -OCH3 is 1. The van der Waals surface area contributed by atoms with Gasteiger partial charge in [-0.2, -0.15) is 0 Å². The van der Waals surface area contributed by atoms with E-state index in [2.05, 4.69) is 20.9 Å². The lowest BCUT2D eigenvalue weighted by Crippen LogP contribution is -2.40. The molecule has 1 aromatic heterocycles. The molecule has 0 saturated carbocycles. The number of rotatable bonds is 10. The van der Waals surface area contributed by atoms with Gasteiger partial charge in [0.1, 0.15) is 12.4 Å². The summed E-state index contributed by atoms with van der Waals surface area (Å²) in [5.74, 6) is 1.13. The lowest BCUT2D eigenvalue weighted by Gasteiger charge is -2.25. The summed E-state index contributed by atoms with van der Waals surface area (Å²) in [6, 6.07) is 15.5. The molecule has 4 aromatic rings. The zero-order valence-electron chi connectivity index (χ0n) is 25.7. The highest BCUT2D eigenvalue weighted by Gasteiger charge is 2.34. The maximum absolute atomic E-state index is 14.1. The molecule has 3 aromatic carbocycles. The highest BCUT2D eigenvalue weighted by molar-refractivity contribution is 9.10. The molecule has 1 aliphatic rings. The van der Waals surface area contributed by atoms with E-state index in [1.54, 1.807) is 51.3 Å². The number of hydrogen-bond donors (Lipinski definition) is 0. The second-order valence-corrected chi connectivity index (χ2v) is 13.3. The highest BCUT2D eigenvalue weighted by atomic mass is 79.9. The second kappa shape index (κ2) is 14.5. The predicted molar refractivity (Wildman–Crippen MR) is 184 cm³/mol. The Bertz CT molecular complexity index is 2020. The number of carbonyl (C=O) groups excluding carboxylic acids is 1. The number of fused-ring (bicyclic) bond motifs is 1. The molecule has 240 valence electrons. The van der Waals surface area contributed by atoms with Crippen LogP contribution in [0.1, 0.15) is 50.4 Å². The number of carbonyl (C=O) groups is 1. The lowest BCUT2D eigenvalue weighted by atomic mass is 9.95. The van der Waals surface area contributed by atoms with Gasteiger partial charge in [-0.25, -0.2) is 9.79 Å². The SMILES string of the molecule is CCOC(=O)C1=C(C)N=c2s/c(=C\c3ccc(OCc4ccc(Cl)c(Cl)c4)c(Br)c3)c(=O)n2[C@@H]1c1ccc(OC(C)C)c(OC)c1. The molecule has 0 amide bonds. The number of aromatic nitrogens is 1. The van der Waals surface area contributed by atoms with Gasteiger partial charge in [-0.1, -0.05) is 52.7 Å². The third-order valence-corrected chi connectivity index (χ3v) is 9.36. The maximum atomic E-state index is 14.1. The fraction of sp³-hybridized carbons (Fsp3) is 0.265. The van der Waals surface area contributed by atoms with Crippen molar-refractivity contribution in [2.75, 3.05) is 13.7 Å². The molecule has 0 N–H and O–H groups in total. The Balaban J connectivity index is 1.54. The van der Waals surface area contributed by atoms with Crippen molar-refractivity contribution < 1.29 is 23.7 Å². The van der Waals surface area contributed by atoms with Gasteiger partial charge >= 0.3 is 5.97 Å². The van der Waals surface area contributed by atoms with Crippen molar-refractivity contribution in [3.05, 3.63) is 117 Å². The smallest absolute Gasteiger partial charge is 0.338 e. The Kier molecular flexibility index (Phi) is 10.6. The van der Waals surface area contributed by atoms with Gasteiger partial charge in [0.2, 0.25) is 0 Å². The van der Waals surface area contributed by atoms with Gasteiger partial charge in [-0.15, -0.1) is 0 Å². The van der Waals surface area contributed by atoms with Gasteiger partial charge in [0.05, 0.1) is 56.2 Å². The van der Waals surface area contributed by atoms with Crippen LogP contribution in [-0.4, -0.2) is 30.4 Å². The van der Waals surface area contributed by atoms with Crippen LogP contribution in [0.25, 0.3) is 6.08 Å². The summed E-state index contributed by atoms with van der Waals surface area (Å²) in [4.78, 5) is 32.5. The first-order valence-corrected chi connectivity index (χ1v) is 16.8.